The topological polar surface area (TPSA) is 151 Å². The fourth-order valence-electron chi connectivity index (χ4n) is 1.85. The number of hydroxylamine groups is 2. The summed E-state index contributed by atoms with van der Waals surface area (Å²) < 4.78 is 36.4. The number of halogens is 3. The van der Waals surface area contributed by atoms with E-state index in [1.165, 1.54) is 12.2 Å². The fourth-order valence-corrected chi connectivity index (χ4v) is 1.85. The van der Waals surface area contributed by atoms with Crippen molar-refractivity contribution < 1.29 is 46.8 Å². The summed E-state index contributed by atoms with van der Waals surface area (Å²) in [6.45, 7) is 1.41. The quantitative estimate of drug-likeness (QED) is 0.423. The van der Waals surface area contributed by atoms with E-state index in [0.717, 1.165) is 6.92 Å². The molecule has 14 heteroatoms. The fraction of sp³-hybridized carbons (Fsp3) is 0.571. The third kappa shape index (κ3) is 6.51. The molecule has 1 aliphatic rings. The van der Waals surface area contributed by atoms with Gasteiger partial charge in [0.15, 0.2) is 0 Å². The third-order valence-corrected chi connectivity index (χ3v) is 3.36. The van der Waals surface area contributed by atoms with Gasteiger partial charge in [-0.2, -0.15) is 13.2 Å². The third-order valence-electron chi connectivity index (χ3n) is 3.36. The minimum absolute atomic E-state index is 0.107. The Morgan fingerprint density at radius 1 is 1.00 bits per heavy atom. The van der Waals surface area contributed by atoms with E-state index in [9.17, 15) is 41.9 Å². The Hall–Kier alpha value is -3.19. The molecule has 1 rings (SSSR count). The second kappa shape index (κ2) is 9.14. The van der Waals surface area contributed by atoms with Gasteiger partial charge in [-0.25, -0.2) is 4.79 Å². The lowest BCUT2D eigenvalue weighted by Gasteiger charge is -2.19. The molecule has 2 atom stereocenters. The Kier molecular flexibility index (Phi) is 7.46. The highest BCUT2D eigenvalue weighted by atomic mass is 19.4. The van der Waals surface area contributed by atoms with Crippen LogP contribution >= 0.6 is 0 Å². The monoisotopic (exact) mass is 410 g/mol. The van der Waals surface area contributed by atoms with Crippen LogP contribution in [-0.2, 0) is 33.6 Å². The zero-order chi connectivity index (χ0) is 21.6. The van der Waals surface area contributed by atoms with E-state index in [-0.39, 0.29) is 17.9 Å². The summed E-state index contributed by atoms with van der Waals surface area (Å²) in [5, 5.41) is 5.79. The van der Waals surface area contributed by atoms with Crippen molar-refractivity contribution in [1.82, 2.24) is 21.0 Å². The Morgan fingerprint density at radius 2 is 1.50 bits per heavy atom. The van der Waals surface area contributed by atoms with Crippen molar-refractivity contribution in [2.45, 2.75) is 44.9 Å². The number of carbonyl (C=O) groups is 6. The van der Waals surface area contributed by atoms with E-state index in [1.54, 1.807) is 0 Å². The molecule has 0 bridgehead atoms. The van der Waals surface area contributed by atoms with Crippen molar-refractivity contribution in [2.75, 3.05) is 6.54 Å². The maximum atomic E-state index is 12.1. The van der Waals surface area contributed by atoms with Crippen LogP contribution in [-0.4, -0.2) is 65.4 Å². The molecule has 0 aromatic heterocycles. The molecule has 0 radical (unpaired) electrons. The van der Waals surface area contributed by atoms with Crippen LogP contribution in [0.15, 0.2) is 0 Å². The van der Waals surface area contributed by atoms with E-state index in [0.29, 0.717) is 0 Å². The number of alkyl halides is 3. The van der Waals surface area contributed by atoms with E-state index in [4.69, 9.17) is 0 Å². The van der Waals surface area contributed by atoms with Crippen LogP contribution in [0.5, 0.6) is 0 Å². The predicted octanol–water partition coefficient (Wildman–Crippen LogP) is -1.72. The van der Waals surface area contributed by atoms with Crippen molar-refractivity contribution in [3.8, 4) is 0 Å². The molecule has 156 valence electrons. The maximum Gasteiger partial charge on any atom is 0.471 e. The molecule has 11 nitrogen and oxygen atoms in total. The Balaban J connectivity index is 2.42. The van der Waals surface area contributed by atoms with Gasteiger partial charge in [0.25, 0.3) is 11.8 Å². The van der Waals surface area contributed by atoms with E-state index >= 15 is 0 Å². The first-order valence-corrected chi connectivity index (χ1v) is 7.85. The molecule has 2 unspecified atom stereocenters. The van der Waals surface area contributed by atoms with Crippen molar-refractivity contribution in [1.29, 1.82) is 0 Å². The molecule has 0 aromatic rings. The summed E-state index contributed by atoms with van der Waals surface area (Å²) in [6.07, 6.45) is -5.38. The van der Waals surface area contributed by atoms with Gasteiger partial charge < -0.3 is 20.8 Å². The van der Waals surface area contributed by atoms with Crippen LogP contribution in [0, 0.1) is 0 Å². The van der Waals surface area contributed by atoms with Gasteiger partial charge in [0.05, 0.1) is 0 Å². The highest BCUT2D eigenvalue weighted by Crippen LogP contribution is 2.14. The summed E-state index contributed by atoms with van der Waals surface area (Å²) in [7, 11) is 0. The first-order valence-electron chi connectivity index (χ1n) is 7.85. The Morgan fingerprint density at radius 3 is 2.00 bits per heavy atom. The first-order chi connectivity index (χ1) is 12.8. The number of carbonyl (C=O) groups excluding carboxylic acids is 6. The van der Waals surface area contributed by atoms with Gasteiger partial charge in [-0.1, -0.05) is 0 Å². The minimum atomic E-state index is -5.17. The number of imide groups is 1. The SMILES string of the molecule is CC(NC(=O)C(C)NC(=O)C(F)(F)F)C(=O)NCC(=O)ON1C(=O)CCC1=O. The van der Waals surface area contributed by atoms with Crippen LogP contribution in [0.25, 0.3) is 0 Å². The normalized spacial score (nSPS) is 16.2. The van der Waals surface area contributed by atoms with Crippen molar-refractivity contribution in [3.05, 3.63) is 0 Å². The number of nitrogens with zero attached hydrogens (tertiary/aromatic N) is 1. The lowest BCUT2D eigenvalue weighted by molar-refractivity contribution is -0.196. The zero-order valence-electron chi connectivity index (χ0n) is 14.7. The lowest BCUT2D eigenvalue weighted by atomic mass is 10.2. The average molecular weight is 410 g/mol. The molecule has 0 saturated carbocycles. The summed E-state index contributed by atoms with van der Waals surface area (Å²) in [6, 6.07) is -2.86. The van der Waals surface area contributed by atoms with Crippen molar-refractivity contribution in [2.24, 2.45) is 0 Å². The predicted molar refractivity (Wildman–Crippen MR) is 81.5 cm³/mol. The second-order valence-electron chi connectivity index (χ2n) is 5.69. The molecule has 0 spiro atoms. The molecular weight excluding hydrogens is 393 g/mol. The molecule has 28 heavy (non-hydrogen) atoms. The van der Waals surface area contributed by atoms with Gasteiger partial charge in [0, 0.05) is 12.8 Å². The van der Waals surface area contributed by atoms with Crippen LogP contribution in [0.2, 0.25) is 0 Å². The number of rotatable bonds is 7. The molecule has 3 N–H and O–H groups in total. The van der Waals surface area contributed by atoms with E-state index < -0.39 is 60.3 Å². The van der Waals surface area contributed by atoms with Gasteiger partial charge in [0.2, 0.25) is 11.8 Å². The van der Waals surface area contributed by atoms with Crippen LogP contribution < -0.4 is 16.0 Å². The summed E-state index contributed by atoms with van der Waals surface area (Å²) in [4.78, 5) is 72.9. The number of hydrogen-bond acceptors (Lipinski definition) is 7. The molecule has 1 aliphatic heterocycles. The second-order valence-corrected chi connectivity index (χ2v) is 5.69. The molecular formula is C14H17F3N4O7. The van der Waals surface area contributed by atoms with Crippen LogP contribution in [0.1, 0.15) is 26.7 Å². The summed E-state index contributed by atoms with van der Waals surface area (Å²) >= 11 is 0. The standard InChI is InChI=1S/C14H17F3N4O7/c1-6(19-12(26)7(2)20-13(27)14(15,16)17)11(25)18-5-10(24)28-21-8(22)3-4-9(21)23/h6-7H,3-5H2,1-2H3,(H,18,25)(H,19,26)(H,20,27). The Labute approximate surface area is 155 Å². The van der Waals surface area contributed by atoms with E-state index in [1.807, 2.05) is 5.32 Å². The van der Waals surface area contributed by atoms with Crippen LogP contribution in [0.4, 0.5) is 13.2 Å². The molecule has 0 aromatic carbocycles. The zero-order valence-corrected chi connectivity index (χ0v) is 14.7. The van der Waals surface area contributed by atoms with Crippen molar-refractivity contribution >= 4 is 35.5 Å². The average Bonchev–Trinajstić information content (AvgIpc) is 2.90. The Bertz CT molecular complexity index is 679. The maximum absolute atomic E-state index is 12.1. The van der Waals surface area contributed by atoms with Gasteiger partial charge in [0.1, 0.15) is 18.6 Å². The highest BCUT2D eigenvalue weighted by molar-refractivity contribution is 6.01. The number of nitrogens with one attached hydrogen (secondary N) is 3. The first kappa shape index (κ1) is 22.9. The molecule has 1 heterocycles. The largest absolute Gasteiger partial charge is 0.471 e. The molecule has 1 saturated heterocycles. The molecule has 0 aliphatic carbocycles. The van der Waals surface area contributed by atoms with Gasteiger partial charge in [-0.15, -0.1) is 5.06 Å². The molecule has 1 fully saturated rings. The number of amides is 5. The lowest BCUT2D eigenvalue weighted by Crippen LogP contribution is -2.53. The van der Waals surface area contributed by atoms with Gasteiger partial charge in [-0.3, -0.25) is 24.0 Å². The molecule has 5 amide bonds. The van der Waals surface area contributed by atoms with Gasteiger partial charge >= 0.3 is 18.1 Å². The van der Waals surface area contributed by atoms with Gasteiger partial charge in [-0.05, 0) is 13.8 Å². The van der Waals surface area contributed by atoms with Crippen LogP contribution in [0.3, 0.4) is 0 Å². The smallest absolute Gasteiger partial charge is 0.343 e. The minimum Gasteiger partial charge on any atom is -0.343 e. The number of hydrogen-bond donors (Lipinski definition) is 3. The summed E-state index contributed by atoms with van der Waals surface area (Å²) in [5.74, 6) is -6.84. The van der Waals surface area contributed by atoms with Crippen molar-refractivity contribution in [3.63, 3.8) is 0 Å². The van der Waals surface area contributed by atoms with E-state index in [2.05, 4.69) is 10.2 Å². The highest BCUT2D eigenvalue weighted by Gasteiger charge is 2.40. The summed E-state index contributed by atoms with van der Waals surface area (Å²) in [5.41, 5.74) is 0.